The molecule has 0 spiro atoms. The number of amides is 2. The van der Waals surface area contributed by atoms with Crippen LogP contribution in [0.2, 0.25) is 0 Å². The number of hydrogen-bond acceptors (Lipinski definition) is 4. The molecule has 0 radical (unpaired) electrons. The normalized spacial score (nSPS) is 13.6. The summed E-state index contributed by atoms with van der Waals surface area (Å²) in [6.45, 7) is 6.45. The van der Waals surface area contributed by atoms with E-state index in [1.165, 1.54) is 4.90 Å². The molecule has 1 N–H and O–H groups in total. The first-order chi connectivity index (χ1) is 17.0. The van der Waals surface area contributed by atoms with Crippen LogP contribution in [0.4, 0.5) is 11.4 Å². The van der Waals surface area contributed by atoms with E-state index in [0.717, 1.165) is 27.6 Å². The van der Waals surface area contributed by atoms with E-state index in [4.69, 9.17) is 4.74 Å². The van der Waals surface area contributed by atoms with Gasteiger partial charge in [0.05, 0.1) is 17.9 Å². The Hall–Kier alpha value is -4.38. The molecule has 5 rings (SSSR count). The van der Waals surface area contributed by atoms with E-state index in [0.29, 0.717) is 29.2 Å². The van der Waals surface area contributed by atoms with Gasteiger partial charge in [0.2, 0.25) is 0 Å². The minimum Gasteiger partial charge on any atom is -0.494 e. The number of fused-ring (bicyclic) bond motifs is 1. The Morgan fingerprint density at radius 2 is 1.54 bits per heavy atom. The Kier molecular flexibility index (Phi) is 5.83. The van der Waals surface area contributed by atoms with Crippen molar-refractivity contribution in [2.75, 3.05) is 16.8 Å². The molecule has 1 heterocycles. The zero-order valence-corrected chi connectivity index (χ0v) is 20.0. The molecule has 0 bridgehead atoms. The topological polar surface area (TPSA) is 58.6 Å². The zero-order chi connectivity index (χ0) is 24.5. The molecule has 1 aliphatic heterocycles. The highest BCUT2D eigenvalue weighted by Crippen LogP contribution is 2.36. The fraction of sp³-hybridized carbons (Fsp3) is 0.133. The fourth-order valence-electron chi connectivity index (χ4n) is 4.37. The van der Waals surface area contributed by atoms with Gasteiger partial charge in [-0.05, 0) is 73.2 Å². The van der Waals surface area contributed by atoms with Crippen LogP contribution < -0.4 is 15.0 Å². The zero-order valence-electron chi connectivity index (χ0n) is 20.0. The van der Waals surface area contributed by atoms with Gasteiger partial charge in [0.1, 0.15) is 11.4 Å². The average Bonchev–Trinajstić information content (AvgIpc) is 3.11. The quantitative estimate of drug-likeness (QED) is 0.344. The predicted octanol–water partition coefficient (Wildman–Crippen LogP) is 6.25. The molecule has 2 amide bonds. The van der Waals surface area contributed by atoms with Crippen LogP contribution in [0.15, 0.2) is 90.6 Å². The van der Waals surface area contributed by atoms with Crippen molar-refractivity contribution in [2.45, 2.75) is 20.8 Å². The highest BCUT2D eigenvalue weighted by molar-refractivity contribution is 6.46. The van der Waals surface area contributed by atoms with Crippen molar-refractivity contribution in [3.63, 3.8) is 0 Å². The maximum atomic E-state index is 13.8. The number of aryl methyl sites for hydroxylation is 2. The Morgan fingerprint density at radius 3 is 2.29 bits per heavy atom. The monoisotopic (exact) mass is 462 g/mol. The minimum atomic E-state index is -0.380. The van der Waals surface area contributed by atoms with Crippen molar-refractivity contribution in [1.29, 1.82) is 0 Å². The average molecular weight is 463 g/mol. The van der Waals surface area contributed by atoms with E-state index in [1.54, 1.807) is 0 Å². The second kappa shape index (κ2) is 9.11. The van der Waals surface area contributed by atoms with Crippen LogP contribution in [0, 0.1) is 13.8 Å². The lowest BCUT2D eigenvalue weighted by Crippen LogP contribution is -2.32. The van der Waals surface area contributed by atoms with Crippen molar-refractivity contribution in [3.8, 4) is 5.75 Å². The van der Waals surface area contributed by atoms with Crippen LogP contribution in [-0.2, 0) is 9.59 Å². The van der Waals surface area contributed by atoms with E-state index >= 15 is 0 Å². The van der Waals surface area contributed by atoms with Crippen LogP contribution in [0.1, 0.15) is 23.6 Å². The third-order valence-electron chi connectivity index (χ3n) is 6.34. The van der Waals surface area contributed by atoms with Gasteiger partial charge in [-0.15, -0.1) is 0 Å². The highest BCUT2D eigenvalue weighted by atomic mass is 16.5. The van der Waals surface area contributed by atoms with Crippen molar-refractivity contribution in [1.82, 2.24) is 0 Å². The first-order valence-electron chi connectivity index (χ1n) is 11.7. The van der Waals surface area contributed by atoms with Gasteiger partial charge in [-0.1, -0.05) is 54.6 Å². The van der Waals surface area contributed by atoms with Gasteiger partial charge >= 0.3 is 0 Å². The van der Waals surface area contributed by atoms with Gasteiger partial charge < -0.3 is 10.1 Å². The molecule has 0 aliphatic carbocycles. The summed E-state index contributed by atoms with van der Waals surface area (Å²) in [5.41, 5.74) is 4.69. The summed E-state index contributed by atoms with van der Waals surface area (Å²) < 4.78 is 5.56. The lowest BCUT2D eigenvalue weighted by molar-refractivity contribution is -0.120. The van der Waals surface area contributed by atoms with E-state index in [9.17, 15) is 9.59 Å². The molecule has 0 saturated heterocycles. The SMILES string of the molecule is CCOc1ccc(C2=C(Nc3cccc4ccccc34)C(=O)N(c3ccc(C)c(C)c3)C2=O)cc1. The molecule has 5 heteroatoms. The molecule has 5 nitrogen and oxygen atoms in total. The van der Waals surface area contributed by atoms with Crippen LogP contribution in [-0.4, -0.2) is 18.4 Å². The first-order valence-corrected chi connectivity index (χ1v) is 11.7. The molecular weight excluding hydrogens is 436 g/mol. The van der Waals surface area contributed by atoms with Crippen molar-refractivity contribution >= 4 is 39.5 Å². The standard InChI is InChI=1S/C30H26N2O3/c1-4-35-24-16-13-22(14-17-24)27-28(31-26-11-7-9-21-8-5-6-10-25(21)26)30(34)32(29(27)33)23-15-12-19(2)20(3)18-23/h5-18,31H,4H2,1-3H3. The van der Waals surface area contributed by atoms with Crippen LogP contribution in [0.3, 0.4) is 0 Å². The molecule has 35 heavy (non-hydrogen) atoms. The lowest BCUT2D eigenvalue weighted by Gasteiger charge is -2.17. The number of anilines is 2. The number of carbonyl (C=O) groups excluding carboxylic acids is 2. The van der Waals surface area contributed by atoms with Crippen LogP contribution >= 0.6 is 0 Å². The Bertz CT molecular complexity index is 1480. The third kappa shape index (κ3) is 4.06. The predicted molar refractivity (Wildman–Crippen MR) is 141 cm³/mol. The number of carbonyl (C=O) groups is 2. The maximum Gasteiger partial charge on any atom is 0.282 e. The number of benzene rings is 4. The van der Waals surface area contributed by atoms with E-state index in [1.807, 2.05) is 106 Å². The molecule has 4 aromatic rings. The summed E-state index contributed by atoms with van der Waals surface area (Å²) in [7, 11) is 0. The smallest absolute Gasteiger partial charge is 0.282 e. The Morgan fingerprint density at radius 1 is 0.800 bits per heavy atom. The number of rotatable bonds is 6. The van der Waals surface area contributed by atoms with E-state index in [-0.39, 0.29) is 17.5 Å². The third-order valence-corrected chi connectivity index (χ3v) is 6.34. The van der Waals surface area contributed by atoms with E-state index < -0.39 is 0 Å². The molecule has 0 unspecified atom stereocenters. The van der Waals surface area contributed by atoms with Crippen LogP contribution in [0.25, 0.3) is 16.3 Å². The molecule has 0 atom stereocenters. The lowest BCUT2D eigenvalue weighted by atomic mass is 10.0. The second-order valence-corrected chi connectivity index (χ2v) is 8.57. The highest BCUT2D eigenvalue weighted by Gasteiger charge is 2.40. The van der Waals surface area contributed by atoms with Gasteiger partial charge in [0.25, 0.3) is 11.8 Å². The number of nitrogens with one attached hydrogen (secondary N) is 1. The van der Waals surface area contributed by atoms with Crippen molar-refractivity contribution < 1.29 is 14.3 Å². The number of nitrogens with zero attached hydrogens (tertiary/aromatic N) is 1. The maximum absolute atomic E-state index is 13.8. The molecule has 1 aliphatic rings. The number of ether oxygens (including phenoxy) is 1. The molecule has 0 aromatic heterocycles. The second-order valence-electron chi connectivity index (χ2n) is 8.57. The summed E-state index contributed by atoms with van der Waals surface area (Å²) in [5, 5.41) is 5.33. The van der Waals surface area contributed by atoms with Crippen molar-refractivity contribution in [2.24, 2.45) is 0 Å². The molecule has 0 saturated carbocycles. The molecule has 174 valence electrons. The largest absolute Gasteiger partial charge is 0.494 e. The number of hydrogen-bond donors (Lipinski definition) is 1. The van der Waals surface area contributed by atoms with Gasteiger partial charge in [-0.25, -0.2) is 4.90 Å². The van der Waals surface area contributed by atoms with E-state index in [2.05, 4.69) is 5.32 Å². The summed E-state index contributed by atoms with van der Waals surface area (Å²) >= 11 is 0. The summed E-state index contributed by atoms with van der Waals surface area (Å²) in [6, 6.07) is 26.7. The minimum absolute atomic E-state index is 0.258. The van der Waals surface area contributed by atoms with Crippen LogP contribution in [0.5, 0.6) is 5.75 Å². The number of imide groups is 1. The van der Waals surface area contributed by atoms with Gasteiger partial charge in [-0.2, -0.15) is 0 Å². The van der Waals surface area contributed by atoms with Gasteiger partial charge in [-0.3, -0.25) is 9.59 Å². The Balaban J connectivity index is 1.63. The molecule has 4 aromatic carbocycles. The fourth-order valence-corrected chi connectivity index (χ4v) is 4.37. The molecule has 0 fully saturated rings. The van der Waals surface area contributed by atoms with Crippen molar-refractivity contribution in [3.05, 3.63) is 107 Å². The Labute approximate surface area is 204 Å². The van der Waals surface area contributed by atoms with Gasteiger partial charge in [0.15, 0.2) is 0 Å². The van der Waals surface area contributed by atoms with Gasteiger partial charge in [0, 0.05) is 11.1 Å². The molecular formula is C30H26N2O3. The first kappa shape index (κ1) is 22.4. The summed E-state index contributed by atoms with van der Waals surface area (Å²) in [4.78, 5) is 28.8. The summed E-state index contributed by atoms with van der Waals surface area (Å²) in [5.74, 6) is -0.0246. The summed E-state index contributed by atoms with van der Waals surface area (Å²) in [6.07, 6.45) is 0.